The number of aryl methyl sites for hydroxylation is 2. The van der Waals surface area contributed by atoms with Crippen LogP contribution < -0.4 is 0 Å². The molecular weight excluding hydrogens is 268 g/mol. The zero-order chi connectivity index (χ0) is 15.4. The Balaban J connectivity index is 0.000000131. The van der Waals surface area contributed by atoms with Crippen molar-refractivity contribution in [3.63, 3.8) is 0 Å². The number of fused-ring (bicyclic) bond motifs is 2. The average Bonchev–Trinajstić information content (AvgIpc) is 2.56. The van der Waals surface area contributed by atoms with Crippen LogP contribution >= 0.6 is 0 Å². The molecule has 0 aliphatic rings. The SMILES string of the molecule is Cc1ccc2cccnc2c1.Cc1cccc2cccnc12. The fourth-order valence-corrected chi connectivity index (χ4v) is 2.43. The van der Waals surface area contributed by atoms with E-state index < -0.39 is 0 Å². The Kier molecular flexibility index (Phi) is 4.10. The molecule has 0 saturated carbocycles. The zero-order valence-corrected chi connectivity index (χ0v) is 12.8. The molecule has 0 radical (unpaired) electrons. The summed E-state index contributed by atoms with van der Waals surface area (Å²) < 4.78 is 0. The summed E-state index contributed by atoms with van der Waals surface area (Å²) in [6, 6.07) is 20.6. The van der Waals surface area contributed by atoms with E-state index in [1.54, 1.807) is 0 Å². The molecule has 0 N–H and O–H groups in total. The lowest BCUT2D eigenvalue weighted by Gasteiger charge is -1.97. The Morgan fingerprint density at radius 2 is 1.41 bits per heavy atom. The minimum Gasteiger partial charge on any atom is -0.256 e. The number of nitrogens with zero attached hydrogens (tertiary/aromatic N) is 2. The third kappa shape index (κ3) is 3.12. The van der Waals surface area contributed by atoms with Crippen molar-refractivity contribution in [1.29, 1.82) is 0 Å². The molecule has 2 aromatic carbocycles. The summed E-state index contributed by atoms with van der Waals surface area (Å²) in [5, 5.41) is 2.42. The van der Waals surface area contributed by atoms with E-state index in [0.717, 1.165) is 11.0 Å². The van der Waals surface area contributed by atoms with Crippen molar-refractivity contribution in [2.45, 2.75) is 13.8 Å². The Bertz CT molecular complexity index is 902. The van der Waals surface area contributed by atoms with Gasteiger partial charge in [-0.05, 0) is 43.2 Å². The van der Waals surface area contributed by atoms with E-state index in [0.29, 0.717) is 0 Å². The maximum Gasteiger partial charge on any atom is 0.0731 e. The Labute approximate surface area is 130 Å². The molecule has 4 aromatic rings. The van der Waals surface area contributed by atoms with Crippen LogP contribution in [0, 0.1) is 13.8 Å². The summed E-state index contributed by atoms with van der Waals surface area (Å²) in [5.41, 5.74) is 4.68. The number of hydrogen-bond acceptors (Lipinski definition) is 2. The Morgan fingerprint density at radius 1 is 0.682 bits per heavy atom. The van der Waals surface area contributed by atoms with Crippen LogP contribution in [-0.2, 0) is 0 Å². The lowest BCUT2D eigenvalue weighted by molar-refractivity contribution is 1.37. The predicted molar refractivity (Wildman–Crippen MR) is 93.0 cm³/mol. The van der Waals surface area contributed by atoms with Gasteiger partial charge in [0.2, 0.25) is 0 Å². The summed E-state index contributed by atoms with van der Waals surface area (Å²) in [4.78, 5) is 8.52. The van der Waals surface area contributed by atoms with E-state index in [1.165, 1.54) is 21.9 Å². The van der Waals surface area contributed by atoms with Crippen molar-refractivity contribution in [3.8, 4) is 0 Å². The summed E-state index contributed by atoms with van der Waals surface area (Å²) in [5.74, 6) is 0. The van der Waals surface area contributed by atoms with Crippen molar-refractivity contribution >= 4 is 21.8 Å². The van der Waals surface area contributed by atoms with Gasteiger partial charge in [-0.1, -0.05) is 42.5 Å². The van der Waals surface area contributed by atoms with Gasteiger partial charge in [0.1, 0.15) is 0 Å². The van der Waals surface area contributed by atoms with Crippen LogP contribution in [0.1, 0.15) is 11.1 Å². The summed E-state index contributed by atoms with van der Waals surface area (Å²) in [6.45, 7) is 4.16. The van der Waals surface area contributed by atoms with Crippen molar-refractivity contribution < 1.29 is 0 Å². The van der Waals surface area contributed by atoms with Crippen LogP contribution in [0.5, 0.6) is 0 Å². The standard InChI is InChI=1S/2C10H9N/c1-8-4-2-5-9-6-3-7-11-10(8)9;1-8-4-5-9-3-2-6-11-10(9)7-8/h2*2-7H,1H3. The molecule has 0 bridgehead atoms. The van der Waals surface area contributed by atoms with Crippen LogP contribution in [0.4, 0.5) is 0 Å². The minimum absolute atomic E-state index is 1.08. The summed E-state index contributed by atoms with van der Waals surface area (Å²) in [7, 11) is 0. The first kappa shape index (κ1) is 14.2. The van der Waals surface area contributed by atoms with Gasteiger partial charge >= 0.3 is 0 Å². The fraction of sp³-hybridized carbons (Fsp3) is 0.100. The molecule has 2 heteroatoms. The predicted octanol–water partition coefficient (Wildman–Crippen LogP) is 5.09. The van der Waals surface area contributed by atoms with Crippen LogP contribution in [-0.4, -0.2) is 9.97 Å². The smallest absolute Gasteiger partial charge is 0.0731 e. The van der Waals surface area contributed by atoms with Gasteiger partial charge in [-0.3, -0.25) is 9.97 Å². The number of para-hydroxylation sites is 1. The first-order valence-electron chi connectivity index (χ1n) is 7.36. The van der Waals surface area contributed by atoms with Crippen molar-refractivity contribution in [2.24, 2.45) is 0 Å². The van der Waals surface area contributed by atoms with E-state index in [2.05, 4.69) is 72.3 Å². The second-order valence-corrected chi connectivity index (χ2v) is 5.35. The molecule has 0 fully saturated rings. The van der Waals surface area contributed by atoms with E-state index in [1.807, 2.05) is 24.5 Å². The third-order valence-corrected chi connectivity index (χ3v) is 3.60. The van der Waals surface area contributed by atoms with Gasteiger partial charge in [-0.25, -0.2) is 0 Å². The van der Waals surface area contributed by atoms with Gasteiger partial charge < -0.3 is 0 Å². The number of rotatable bonds is 0. The van der Waals surface area contributed by atoms with Gasteiger partial charge in [0.05, 0.1) is 11.0 Å². The van der Waals surface area contributed by atoms with Gasteiger partial charge in [0.25, 0.3) is 0 Å². The second-order valence-electron chi connectivity index (χ2n) is 5.35. The molecule has 108 valence electrons. The highest BCUT2D eigenvalue weighted by Crippen LogP contribution is 2.14. The number of benzene rings is 2. The molecule has 0 aliphatic heterocycles. The van der Waals surface area contributed by atoms with Crippen LogP contribution in [0.2, 0.25) is 0 Å². The lowest BCUT2D eigenvalue weighted by atomic mass is 10.1. The number of aromatic nitrogens is 2. The topological polar surface area (TPSA) is 25.8 Å². The third-order valence-electron chi connectivity index (χ3n) is 3.60. The minimum atomic E-state index is 1.08. The fourth-order valence-electron chi connectivity index (χ4n) is 2.43. The quantitative estimate of drug-likeness (QED) is 0.450. The molecule has 22 heavy (non-hydrogen) atoms. The molecule has 2 heterocycles. The van der Waals surface area contributed by atoms with Crippen molar-refractivity contribution in [2.75, 3.05) is 0 Å². The monoisotopic (exact) mass is 286 g/mol. The van der Waals surface area contributed by atoms with Gasteiger partial charge in [-0.2, -0.15) is 0 Å². The molecule has 4 rings (SSSR count). The summed E-state index contributed by atoms with van der Waals surface area (Å²) >= 11 is 0. The molecule has 0 aliphatic carbocycles. The van der Waals surface area contributed by atoms with Crippen molar-refractivity contribution in [1.82, 2.24) is 9.97 Å². The molecule has 2 nitrogen and oxygen atoms in total. The molecule has 0 amide bonds. The highest BCUT2D eigenvalue weighted by Gasteiger charge is 1.93. The van der Waals surface area contributed by atoms with Gasteiger partial charge in [-0.15, -0.1) is 0 Å². The van der Waals surface area contributed by atoms with E-state index in [9.17, 15) is 0 Å². The molecule has 0 atom stereocenters. The molecule has 0 spiro atoms. The summed E-state index contributed by atoms with van der Waals surface area (Å²) in [6.07, 6.45) is 3.65. The molecule has 0 unspecified atom stereocenters. The molecular formula is C20H18N2. The molecule has 0 saturated heterocycles. The lowest BCUT2D eigenvalue weighted by Crippen LogP contribution is -1.80. The normalized spacial score (nSPS) is 10.3. The first-order chi connectivity index (χ1) is 10.7. The Morgan fingerprint density at radius 3 is 2.23 bits per heavy atom. The van der Waals surface area contributed by atoms with Crippen LogP contribution in [0.3, 0.4) is 0 Å². The zero-order valence-electron chi connectivity index (χ0n) is 12.8. The van der Waals surface area contributed by atoms with E-state index in [4.69, 9.17) is 0 Å². The molecule has 2 aromatic heterocycles. The largest absolute Gasteiger partial charge is 0.256 e. The number of hydrogen-bond donors (Lipinski definition) is 0. The van der Waals surface area contributed by atoms with Crippen molar-refractivity contribution in [3.05, 3.63) is 84.2 Å². The Hall–Kier alpha value is -2.74. The van der Waals surface area contributed by atoms with Gasteiger partial charge in [0.15, 0.2) is 0 Å². The van der Waals surface area contributed by atoms with Crippen LogP contribution in [0.25, 0.3) is 21.8 Å². The number of pyridine rings is 2. The highest BCUT2D eigenvalue weighted by atomic mass is 14.6. The van der Waals surface area contributed by atoms with E-state index >= 15 is 0 Å². The van der Waals surface area contributed by atoms with E-state index in [-0.39, 0.29) is 0 Å². The average molecular weight is 286 g/mol. The maximum absolute atomic E-state index is 4.28. The first-order valence-corrected chi connectivity index (χ1v) is 7.36. The maximum atomic E-state index is 4.28. The van der Waals surface area contributed by atoms with Crippen LogP contribution in [0.15, 0.2) is 73.1 Å². The van der Waals surface area contributed by atoms with Gasteiger partial charge in [0, 0.05) is 23.2 Å². The second kappa shape index (κ2) is 6.35. The highest BCUT2D eigenvalue weighted by molar-refractivity contribution is 5.81.